The Morgan fingerprint density at radius 2 is 2.08 bits per heavy atom. The number of benzene rings is 1. The molecule has 1 atom stereocenters. The maximum atomic E-state index is 12.5. The summed E-state index contributed by atoms with van der Waals surface area (Å²) in [6.07, 6.45) is -3.36. The van der Waals surface area contributed by atoms with Gasteiger partial charge in [-0.15, -0.1) is 0 Å². The molecule has 1 aliphatic heterocycles. The number of alkyl halides is 3. The van der Waals surface area contributed by atoms with Gasteiger partial charge in [0, 0.05) is 33.2 Å². The molecule has 0 radical (unpaired) electrons. The first-order valence-electron chi connectivity index (χ1n) is 9.11. The van der Waals surface area contributed by atoms with Gasteiger partial charge in [0.2, 0.25) is 0 Å². The van der Waals surface area contributed by atoms with Crippen LogP contribution in [0.2, 0.25) is 0 Å². The summed E-state index contributed by atoms with van der Waals surface area (Å²) in [6.45, 7) is 6.28. The lowest BCUT2D eigenvalue weighted by Crippen LogP contribution is -2.39. The van der Waals surface area contributed by atoms with Crippen LogP contribution in [0.5, 0.6) is 0 Å². The van der Waals surface area contributed by atoms with Crippen molar-refractivity contribution < 1.29 is 13.2 Å². The molecule has 0 bridgehead atoms. The molecular weight excluding hydrogens is 341 g/mol. The van der Waals surface area contributed by atoms with Crippen molar-refractivity contribution in [2.45, 2.75) is 33.0 Å². The van der Waals surface area contributed by atoms with Gasteiger partial charge in [-0.3, -0.25) is 9.89 Å². The Kier molecular flexibility index (Phi) is 7.32. The van der Waals surface area contributed by atoms with Gasteiger partial charge in [0.25, 0.3) is 0 Å². The molecule has 1 aliphatic rings. The zero-order valence-corrected chi connectivity index (χ0v) is 15.8. The van der Waals surface area contributed by atoms with Gasteiger partial charge in [-0.05, 0) is 43.9 Å². The Hall–Kier alpha value is -1.76. The van der Waals surface area contributed by atoms with Gasteiger partial charge in [0.15, 0.2) is 5.96 Å². The van der Waals surface area contributed by atoms with Crippen molar-refractivity contribution in [3.8, 4) is 0 Å². The van der Waals surface area contributed by atoms with E-state index in [1.807, 2.05) is 26.1 Å². The molecule has 1 fully saturated rings. The lowest BCUT2D eigenvalue weighted by molar-refractivity contribution is -0.143. The summed E-state index contributed by atoms with van der Waals surface area (Å²) in [7, 11) is 1.98. The molecule has 1 aromatic carbocycles. The third-order valence-corrected chi connectivity index (χ3v) is 4.64. The summed E-state index contributed by atoms with van der Waals surface area (Å²) in [6, 6.07) is 8.22. The lowest BCUT2D eigenvalue weighted by atomic mass is 10.1. The largest absolute Gasteiger partial charge is 0.401 e. The molecule has 2 rings (SSSR count). The van der Waals surface area contributed by atoms with E-state index in [-0.39, 0.29) is 5.92 Å². The van der Waals surface area contributed by atoms with Crippen LogP contribution in [0.25, 0.3) is 0 Å². The van der Waals surface area contributed by atoms with E-state index in [2.05, 4.69) is 34.3 Å². The number of aliphatic imine (C=N–C) groups is 1. The Bertz CT molecular complexity index is 601. The van der Waals surface area contributed by atoms with Crippen LogP contribution in [-0.4, -0.2) is 61.7 Å². The predicted octanol–water partition coefficient (Wildman–Crippen LogP) is 3.28. The van der Waals surface area contributed by atoms with E-state index in [0.717, 1.165) is 25.5 Å². The lowest BCUT2D eigenvalue weighted by Gasteiger charge is -2.23. The maximum Gasteiger partial charge on any atom is 0.401 e. The van der Waals surface area contributed by atoms with E-state index in [1.54, 1.807) is 0 Å². The normalized spacial score (nSPS) is 19.0. The molecule has 0 aromatic heterocycles. The van der Waals surface area contributed by atoms with Crippen LogP contribution in [-0.2, 0) is 6.54 Å². The Balaban J connectivity index is 1.93. The Morgan fingerprint density at radius 3 is 2.73 bits per heavy atom. The zero-order chi connectivity index (χ0) is 19.2. The highest BCUT2D eigenvalue weighted by Gasteiger charge is 2.34. The summed E-state index contributed by atoms with van der Waals surface area (Å²) in [5, 5.41) is 3.28. The average molecular weight is 370 g/mol. The quantitative estimate of drug-likeness (QED) is 0.616. The molecule has 0 aliphatic carbocycles. The van der Waals surface area contributed by atoms with Crippen LogP contribution in [0.1, 0.15) is 24.5 Å². The molecule has 7 heteroatoms. The molecule has 1 saturated heterocycles. The van der Waals surface area contributed by atoms with Gasteiger partial charge in [0.1, 0.15) is 0 Å². The molecular formula is C19H29F3N4. The number of guanidine groups is 1. The molecule has 0 spiro atoms. The summed E-state index contributed by atoms with van der Waals surface area (Å²) in [5.74, 6) is 0.975. The third-order valence-electron chi connectivity index (χ3n) is 4.64. The number of nitrogens with zero attached hydrogens (tertiary/aromatic N) is 3. The molecule has 0 amide bonds. The molecule has 1 heterocycles. The SMILES string of the molecule is CCNC(=NCC1CCN(CC(F)(F)F)C1)N(C)Cc1ccccc1C. The minimum Gasteiger partial charge on any atom is -0.357 e. The van der Waals surface area contributed by atoms with Crippen molar-refractivity contribution in [3.05, 3.63) is 35.4 Å². The summed E-state index contributed by atoms with van der Waals surface area (Å²) >= 11 is 0. The van der Waals surface area contributed by atoms with Crippen LogP contribution < -0.4 is 5.32 Å². The molecule has 1 aromatic rings. The van der Waals surface area contributed by atoms with Crippen molar-refractivity contribution in [2.24, 2.45) is 10.9 Å². The highest BCUT2D eigenvalue weighted by molar-refractivity contribution is 5.79. The number of aryl methyl sites for hydroxylation is 1. The zero-order valence-electron chi connectivity index (χ0n) is 15.8. The van der Waals surface area contributed by atoms with Crippen LogP contribution in [0.3, 0.4) is 0 Å². The van der Waals surface area contributed by atoms with Crippen LogP contribution >= 0.6 is 0 Å². The molecule has 1 unspecified atom stereocenters. The van der Waals surface area contributed by atoms with Crippen molar-refractivity contribution in [3.63, 3.8) is 0 Å². The van der Waals surface area contributed by atoms with E-state index in [0.29, 0.717) is 19.6 Å². The van der Waals surface area contributed by atoms with Crippen molar-refractivity contribution in [1.82, 2.24) is 15.1 Å². The number of hydrogen-bond acceptors (Lipinski definition) is 2. The molecule has 4 nitrogen and oxygen atoms in total. The number of hydrogen-bond donors (Lipinski definition) is 1. The van der Waals surface area contributed by atoms with E-state index < -0.39 is 12.7 Å². The van der Waals surface area contributed by atoms with E-state index in [4.69, 9.17) is 0 Å². The topological polar surface area (TPSA) is 30.9 Å². The van der Waals surface area contributed by atoms with Gasteiger partial charge in [-0.1, -0.05) is 24.3 Å². The second-order valence-corrected chi connectivity index (χ2v) is 6.98. The van der Waals surface area contributed by atoms with E-state index >= 15 is 0 Å². The van der Waals surface area contributed by atoms with Crippen molar-refractivity contribution in [2.75, 3.05) is 39.8 Å². The van der Waals surface area contributed by atoms with E-state index in [1.165, 1.54) is 16.0 Å². The minimum atomic E-state index is -4.12. The number of nitrogens with one attached hydrogen (secondary N) is 1. The molecule has 146 valence electrons. The minimum absolute atomic E-state index is 0.179. The number of halogens is 3. The maximum absolute atomic E-state index is 12.5. The summed E-state index contributed by atoms with van der Waals surface area (Å²) in [5.41, 5.74) is 2.46. The molecule has 1 N–H and O–H groups in total. The van der Waals surface area contributed by atoms with Crippen LogP contribution in [0, 0.1) is 12.8 Å². The van der Waals surface area contributed by atoms with Gasteiger partial charge >= 0.3 is 6.18 Å². The standard InChI is InChI=1S/C19H29F3N4/c1-4-23-18(25(3)13-17-8-6-5-7-15(17)2)24-11-16-9-10-26(12-16)14-19(20,21)22/h5-8,16H,4,9-14H2,1-3H3,(H,23,24). The van der Waals surface area contributed by atoms with Gasteiger partial charge < -0.3 is 10.2 Å². The average Bonchev–Trinajstić information content (AvgIpc) is 2.99. The monoisotopic (exact) mass is 370 g/mol. The number of rotatable bonds is 6. The third kappa shape index (κ3) is 6.52. The first-order valence-corrected chi connectivity index (χ1v) is 9.11. The summed E-state index contributed by atoms with van der Waals surface area (Å²) in [4.78, 5) is 8.22. The first kappa shape index (κ1) is 20.6. The van der Waals surface area contributed by atoms with Crippen LogP contribution in [0.4, 0.5) is 13.2 Å². The highest BCUT2D eigenvalue weighted by atomic mass is 19.4. The van der Waals surface area contributed by atoms with Gasteiger partial charge in [-0.2, -0.15) is 13.2 Å². The van der Waals surface area contributed by atoms with Crippen molar-refractivity contribution >= 4 is 5.96 Å². The Labute approximate surface area is 154 Å². The fraction of sp³-hybridized carbons (Fsp3) is 0.632. The highest BCUT2D eigenvalue weighted by Crippen LogP contribution is 2.23. The Morgan fingerprint density at radius 1 is 1.35 bits per heavy atom. The smallest absolute Gasteiger partial charge is 0.357 e. The predicted molar refractivity (Wildman–Crippen MR) is 99.2 cm³/mol. The van der Waals surface area contributed by atoms with E-state index in [9.17, 15) is 13.2 Å². The number of likely N-dealkylation sites (tertiary alicyclic amines) is 1. The fourth-order valence-corrected chi connectivity index (χ4v) is 3.26. The second-order valence-electron chi connectivity index (χ2n) is 6.98. The fourth-order valence-electron chi connectivity index (χ4n) is 3.26. The van der Waals surface area contributed by atoms with Gasteiger partial charge in [-0.25, -0.2) is 0 Å². The summed E-state index contributed by atoms with van der Waals surface area (Å²) < 4.78 is 37.5. The molecule has 26 heavy (non-hydrogen) atoms. The van der Waals surface area contributed by atoms with Gasteiger partial charge in [0.05, 0.1) is 6.54 Å². The second kappa shape index (κ2) is 9.26. The van der Waals surface area contributed by atoms with Crippen molar-refractivity contribution in [1.29, 1.82) is 0 Å². The van der Waals surface area contributed by atoms with Crippen LogP contribution in [0.15, 0.2) is 29.3 Å². The first-order chi connectivity index (χ1) is 12.3. The molecule has 0 saturated carbocycles.